The second kappa shape index (κ2) is 8.07. The fraction of sp³-hybridized carbons (Fsp3) is 0.700. The first kappa shape index (κ1) is 18.0. The number of anilines is 1. The fourth-order valence-electron chi connectivity index (χ4n) is 4.25. The average Bonchev–Trinajstić information content (AvgIpc) is 2.67. The van der Waals surface area contributed by atoms with Gasteiger partial charge in [-0.05, 0) is 43.6 Å². The van der Waals surface area contributed by atoms with E-state index in [-0.39, 0.29) is 5.92 Å². The van der Waals surface area contributed by atoms with E-state index in [9.17, 15) is 4.79 Å². The Morgan fingerprint density at radius 3 is 2.44 bits per heavy atom. The van der Waals surface area contributed by atoms with Crippen LogP contribution >= 0.6 is 0 Å². The van der Waals surface area contributed by atoms with Gasteiger partial charge < -0.3 is 14.5 Å². The molecule has 2 fully saturated rings. The molecule has 5 heteroatoms. The maximum Gasteiger partial charge on any atom is 0.225 e. The van der Waals surface area contributed by atoms with Crippen molar-refractivity contribution in [1.29, 1.82) is 0 Å². The van der Waals surface area contributed by atoms with Gasteiger partial charge in [0.25, 0.3) is 0 Å². The largest absolute Gasteiger partial charge is 0.493 e. The average molecular weight is 345 g/mol. The first-order chi connectivity index (χ1) is 12.1. The van der Waals surface area contributed by atoms with Crippen molar-refractivity contribution in [2.75, 3.05) is 38.2 Å². The normalized spacial score (nSPS) is 24.5. The van der Waals surface area contributed by atoms with E-state index in [4.69, 9.17) is 4.74 Å². The van der Waals surface area contributed by atoms with Gasteiger partial charge in [0.15, 0.2) is 5.75 Å². The molecule has 1 aliphatic heterocycles. The second-order valence-electron chi connectivity index (χ2n) is 7.72. The van der Waals surface area contributed by atoms with Crippen molar-refractivity contribution in [1.82, 2.24) is 9.88 Å². The molecule has 0 N–H and O–H groups in total. The van der Waals surface area contributed by atoms with Crippen LogP contribution in [0.5, 0.6) is 5.75 Å². The van der Waals surface area contributed by atoms with E-state index in [0.717, 1.165) is 62.3 Å². The van der Waals surface area contributed by atoms with Crippen molar-refractivity contribution >= 4 is 11.6 Å². The summed E-state index contributed by atoms with van der Waals surface area (Å²) in [7, 11) is 1.67. The quantitative estimate of drug-likeness (QED) is 0.841. The SMILES string of the molecule is COc1cnccc1N1CCN(C(=O)C2CCC(C(C)C)CC2)CC1. The molecule has 5 nitrogen and oxygen atoms in total. The van der Waals surface area contributed by atoms with Crippen molar-refractivity contribution in [2.45, 2.75) is 39.5 Å². The Morgan fingerprint density at radius 2 is 1.84 bits per heavy atom. The van der Waals surface area contributed by atoms with E-state index >= 15 is 0 Å². The summed E-state index contributed by atoms with van der Waals surface area (Å²) in [5, 5.41) is 0. The highest BCUT2D eigenvalue weighted by atomic mass is 16.5. The Kier molecular flexibility index (Phi) is 5.82. The lowest BCUT2D eigenvalue weighted by Crippen LogP contribution is -2.50. The van der Waals surface area contributed by atoms with Crippen LogP contribution < -0.4 is 9.64 Å². The molecule has 25 heavy (non-hydrogen) atoms. The van der Waals surface area contributed by atoms with Gasteiger partial charge in [0, 0.05) is 38.3 Å². The van der Waals surface area contributed by atoms with Crippen LogP contribution in [0.25, 0.3) is 0 Å². The number of nitrogens with zero attached hydrogens (tertiary/aromatic N) is 3. The van der Waals surface area contributed by atoms with Crippen molar-refractivity contribution in [3.63, 3.8) is 0 Å². The number of ether oxygens (including phenoxy) is 1. The second-order valence-corrected chi connectivity index (χ2v) is 7.72. The molecule has 2 aliphatic rings. The van der Waals surface area contributed by atoms with Crippen molar-refractivity contribution in [3.05, 3.63) is 18.5 Å². The molecule has 0 bridgehead atoms. The molecule has 0 spiro atoms. The van der Waals surface area contributed by atoms with Crippen LogP contribution in [-0.4, -0.2) is 49.1 Å². The fourth-order valence-corrected chi connectivity index (χ4v) is 4.25. The maximum atomic E-state index is 12.9. The molecule has 2 heterocycles. The lowest BCUT2D eigenvalue weighted by atomic mass is 9.76. The van der Waals surface area contributed by atoms with E-state index in [2.05, 4.69) is 28.6 Å². The number of carbonyl (C=O) groups is 1. The molecule has 1 amide bonds. The van der Waals surface area contributed by atoms with Crippen LogP contribution in [0.1, 0.15) is 39.5 Å². The molecule has 0 radical (unpaired) electrons. The van der Waals surface area contributed by atoms with Gasteiger partial charge in [-0.1, -0.05) is 13.8 Å². The van der Waals surface area contributed by atoms with Gasteiger partial charge in [0.05, 0.1) is 19.0 Å². The van der Waals surface area contributed by atoms with E-state index in [1.807, 2.05) is 6.07 Å². The zero-order valence-corrected chi connectivity index (χ0v) is 15.8. The molecule has 0 unspecified atom stereocenters. The molecule has 0 aromatic carbocycles. The number of aromatic nitrogens is 1. The molecule has 1 aromatic heterocycles. The lowest BCUT2D eigenvalue weighted by Gasteiger charge is -2.39. The van der Waals surface area contributed by atoms with Gasteiger partial charge in [-0.15, -0.1) is 0 Å². The minimum atomic E-state index is 0.247. The molecule has 1 aromatic rings. The summed E-state index contributed by atoms with van der Waals surface area (Å²) >= 11 is 0. The standard InChI is InChI=1S/C20H31N3O2/c1-15(2)16-4-6-17(7-5-16)20(24)23-12-10-22(11-13-23)18-8-9-21-14-19(18)25-3/h8-9,14-17H,4-7,10-13H2,1-3H3. The Hall–Kier alpha value is -1.78. The Morgan fingerprint density at radius 1 is 1.16 bits per heavy atom. The Labute approximate surface area is 151 Å². The predicted octanol–water partition coefficient (Wildman–Crippen LogP) is 3.20. The zero-order valence-electron chi connectivity index (χ0n) is 15.8. The zero-order chi connectivity index (χ0) is 17.8. The summed E-state index contributed by atoms with van der Waals surface area (Å²) in [5.41, 5.74) is 1.07. The van der Waals surface area contributed by atoms with Gasteiger partial charge in [0.2, 0.25) is 5.91 Å². The highest BCUT2D eigenvalue weighted by molar-refractivity contribution is 5.79. The number of methoxy groups -OCH3 is 1. The summed E-state index contributed by atoms with van der Waals surface area (Å²) in [5.74, 6) is 2.98. The topological polar surface area (TPSA) is 45.7 Å². The van der Waals surface area contributed by atoms with Crippen molar-refractivity contribution < 1.29 is 9.53 Å². The predicted molar refractivity (Wildman–Crippen MR) is 99.9 cm³/mol. The molecule has 138 valence electrons. The van der Waals surface area contributed by atoms with E-state index in [1.165, 1.54) is 12.8 Å². The molecular weight excluding hydrogens is 314 g/mol. The number of piperazine rings is 1. The van der Waals surface area contributed by atoms with Crippen LogP contribution in [0, 0.1) is 17.8 Å². The summed E-state index contributed by atoms with van der Waals surface area (Å²) in [6.45, 7) is 7.92. The Bertz CT molecular complexity index is 574. The Balaban J connectivity index is 1.53. The smallest absolute Gasteiger partial charge is 0.225 e. The first-order valence-corrected chi connectivity index (χ1v) is 9.62. The van der Waals surface area contributed by atoms with Gasteiger partial charge in [0.1, 0.15) is 0 Å². The molecule has 1 saturated heterocycles. The highest BCUT2D eigenvalue weighted by Crippen LogP contribution is 2.34. The number of pyridine rings is 1. The monoisotopic (exact) mass is 345 g/mol. The van der Waals surface area contributed by atoms with Gasteiger partial charge in [-0.25, -0.2) is 0 Å². The maximum absolute atomic E-state index is 12.9. The van der Waals surface area contributed by atoms with Crippen molar-refractivity contribution in [2.24, 2.45) is 17.8 Å². The number of carbonyl (C=O) groups excluding carboxylic acids is 1. The molecule has 1 aliphatic carbocycles. The number of rotatable bonds is 4. The van der Waals surface area contributed by atoms with Crippen LogP contribution in [0.2, 0.25) is 0 Å². The lowest BCUT2D eigenvalue weighted by molar-refractivity contribution is -0.137. The van der Waals surface area contributed by atoms with E-state index in [0.29, 0.717) is 5.91 Å². The van der Waals surface area contributed by atoms with Crippen LogP contribution in [-0.2, 0) is 4.79 Å². The molecule has 3 rings (SSSR count). The van der Waals surface area contributed by atoms with E-state index < -0.39 is 0 Å². The molecule has 1 saturated carbocycles. The minimum absolute atomic E-state index is 0.247. The minimum Gasteiger partial charge on any atom is -0.493 e. The van der Waals surface area contributed by atoms with Crippen molar-refractivity contribution in [3.8, 4) is 5.75 Å². The van der Waals surface area contributed by atoms with Gasteiger partial charge >= 0.3 is 0 Å². The van der Waals surface area contributed by atoms with Gasteiger partial charge in [-0.3, -0.25) is 9.78 Å². The number of amides is 1. The summed E-state index contributed by atoms with van der Waals surface area (Å²) in [6.07, 6.45) is 8.10. The molecule has 0 atom stereocenters. The summed E-state index contributed by atoms with van der Waals surface area (Å²) in [6, 6.07) is 1.99. The van der Waals surface area contributed by atoms with E-state index in [1.54, 1.807) is 19.5 Å². The third-order valence-corrected chi connectivity index (χ3v) is 5.98. The third kappa shape index (κ3) is 4.07. The highest BCUT2D eigenvalue weighted by Gasteiger charge is 2.32. The first-order valence-electron chi connectivity index (χ1n) is 9.62. The van der Waals surface area contributed by atoms with Crippen LogP contribution in [0.3, 0.4) is 0 Å². The third-order valence-electron chi connectivity index (χ3n) is 5.98. The number of hydrogen-bond donors (Lipinski definition) is 0. The van der Waals surface area contributed by atoms with Gasteiger partial charge in [-0.2, -0.15) is 0 Å². The number of hydrogen-bond acceptors (Lipinski definition) is 4. The molecular formula is C20H31N3O2. The van der Waals surface area contributed by atoms with Crippen LogP contribution in [0.4, 0.5) is 5.69 Å². The summed E-state index contributed by atoms with van der Waals surface area (Å²) < 4.78 is 5.41. The summed E-state index contributed by atoms with van der Waals surface area (Å²) in [4.78, 5) is 21.4. The van der Waals surface area contributed by atoms with Crippen LogP contribution in [0.15, 0.2) is 18.5 Å².